The average molecular weight is 69.1 g/mol. The predicted octanol–water partition coefficient (Wildman–Crippen LogP) is 0.623. The molecule has 0 amide bonds. The van der Waals surface area contributed by atoms with Gasteiger partial charge in [-0.3, -0.25) is 0 Å². The fraction of sp³-hybridized carbons (Fsp3) is 0.500. The normalized spacial score (nSPS) is 20.4. The molecule has 0 unspecified atom stereocenters. The Morgan fingerprint density at radius 3 is 2.20 bits per heavy atom. The lowest BCUT2D eigenvalue weighted by molar-refractivity contribution is 0.857. The molecule has 5 heavy (non-hydrogen) atoms. The molecule has 0 spiro atoms. The third kappa shape index (κ3) is 0.274. The van der Waals surface area contributed by atoms with Gasteiger partial charge in [-0.15, -0.1) is 0 Å². The van der Waals surface area contributed by atoms with Crippen LogP contribution in [0.3, 0.4) is 0 Å². The van der Waals surface area contributed by atoms with Crippen LogP contribution >= 0.6 is 0 Å². The largest absolute Gasteiger partial charge is 0.402 e. The van der Waals surface area contributed by atoms with Crippen LogP contribution in [0.5, 0.6) is 0 Å². The van der Waals surface area contributed by atoms with Crippen LogP contribution in [0.2, 0.25) is 0 Å². The Balaban J connectivity index is 2.51. The van der Waals surface area contributed by atoms with Gasteiger partial charge >= 0.3 is 0 Å². The Hall–Kier alpha value is -0.460. The van der Waals surface area contributed by atoms with Crippen LogP contribution < -0.4 is 5.73 Å². The van der Waals surface area contributed by atoms with Crippen molar-refractivity contribution in [3.63, 3.8) is 0 Å². The van der Waals surface area contributed by atoms with Crippen LogP contribution in [0.1, 0.15) is 12.8 Å². The molecule has 0 aromatic carbocycles. The highest BCUT2D eigenvalue weighted by atomic mass is 14.6. The van der Waals surface area contributed by atoms with Crippen molar-refractivity contribution >= 4 is 0 Å². The number of hydrogen-bond donors (Lipinski definition) is 1. The topological polar surface area (TPSA) is 26.0 Å². The number of allylic oxidation sites excluding steroid dienone is 2. The van der Waals surface area contributed by atoms with Crippen LogP contribution in [0.4, 0.5) is 0 Å². The molecule has 0 aromatic rings. The van der Waals surface area contributed by atoms with Gasteiger partial charge in [0.25, 0.3) is 0 Å². The SMILES string of the molecule is NC1=CCC1. The summed E-state index contributed by atoms with van der Waals surface area (Å²) in [6, 6.07) is 0. The maximum absolute atomic E-state index is 5.24. The smallest absolute Gasteiger partial charge is 0.00432 e. The summed E-state index contributed by atoms with van der Waals surface area (Å²) in [5.74, 6) is 0. The van der Waals surface area contributed by atoms with Crippen LogP contribution in [-0.4, -0.2) is 0 Å². The van der Waals surface area contributed by atoms with Crippen LogP contribution in [0, 0.1) is 0 Å². The number of hydrogen-bond acceptors (Lipinski definition) is 1. The van der Waals surface area contributed by atoms with Gasteiger partial charge in [0.2, 0.25) is 0 Å². The summed E-state index contributed by atoms with van der Waals surface area (Å²) in [5, 5.41) is 0. The van der Waals surface area contributed by atoms with Crippen LogP contribution in [-0.2, 0) is 0 Å². The number of rotatable bonds is 0. The van der Waals surface area contributed by atoms with Crippen LogP contribution in [0.15, 0.2) is 11.8 Å². The third-order valence-corrected chi connectivity index (χ3v) is 0.840. The molecule has 1 heteroatoms. The molecule has 0 aromatic heterocycles. The first kappa shape index (κ1) is 2.76. The molecule has 0 bridgehead atoms. The van der Waals surface area contributed by atoms with Gasteiger partial charge < -0.3 is 5.73 Å². The van der Waals surface area contributed by atoms with E-state index in [2.05, 4.69) is 0 Å². The van der Waals surface area contributed by atoms with Crippen LogP contribution in [0.25, 0.3) is 0 Å². The molecule has 1 rings (SSSR count). The number of nitrogens with two attached hydrogens (primary N) is 1. The van der Waals surface area contributed by atoms with E-state index in [0.717, 1.165) is 12.1 Å². The van der Waals surface area contributed by atoms with Crippen molar-refractivity contribution in [3.05, 3.63) is 11.8 Å². The Bertz CT molecular complexity index is 64.0. The minimum atomic E-state index is 1.06. The Morgan fingerprint density at radius 2 is 2.20 bits per heavy atom. The van der Waals surface area contributed by atoms with E-state index in [-0.39, 0.29) is 0 Å². The maximum atomic E-state index is 5.24. The second kappa shape index (κ2) is 0.744. The highest BCUT2D eigenvalue weighted by Crippen LogP contribution is 2.09. The summed E-state index contributed by atoms with van der Waals surface area (Å²) in [4.78, 5) is 0. The molecule has 0 heterocycles. The van der Waals surface area contributed by atoms with Crippen molar-refractivity contribution in [1.82, 2.24) is 0 Å². The van der Waals surface area contributed by atoms with E-state index < -0.39 is 0 Å². The third-order valence-electron chi connectivity index (χ3n) is 0.840. The molecule has 0 radical (unpaired) electrons. The molecule has 0 fully saturated rings. The second-order valence-electron chi connectivity index (χ2n) is 1.32. The van der Waals surface area contributed by atoms with Gasteiger partial charge in [0.1, 0.15) is 0 Å². The monoisotopic (exact) mass is 69.1 g/mol. The molecule has 1 nitrogen and oxygen atoms in total. The quantitative estimate of drug-likeness (QED) is 0.443. The first-order valence-corrected chi connectivity index (χ1v) is 1.84. The van der Waals surface area contributed by atoms with Gasteiger partial charge in [-0.25, -0.2) is 0 Å². The molecule has 1 aliphatic rings. The van der Waals surface area contributed by atoms with Crippen molar-refractivity contribution in [1.29, 1.82) is 0 Å². The Kier molecular flexibility index (Phi) is 0.411. The zero-order valence-corrected chi connectivity index (χ0v) is 3.07. The van der Waals surface area contributed by atoms with Crippen molar-refractivity contribution in [3.8, 4) is 0 Å². The fourth-order valence-corrected chi connectivity index (χ4v) is 0.311. The summed E-state index contributed by atoms with van der Waals surface area (Å²) in [5.41, 5.74) is 6.30. The van der Waals surface area contributed by atoms with E-state index in [0.29, 0.717) is 0 Å². The lowest BCUT2D eigenvalue weighted by Crippen LogP contribution is -2.02. The summed E-state index contributed by atoms with van der Waals surface area (Å²) >= 11 is 0. The second-order valence-corrected chi connectivity index (χ2v) is 1.32. The molecule has 0 atom stereocenters. The van der Waals surface area contributed by atoms with Gasteiger partial charge in [-0.1, -0.05) is 6.08 Å². The highest BCUT2D eigenvalue weighted by molar-refractivity contribution is 5.06. The minimum Gasteiger partial charge on any atom is -0.402 e. The van der Waals surface area contributed by atoms with Gasteiger partial charge in [0.05, 0.1) is 0 Å². The lowest BCUT2D eigenvalue weighted by Gasteiger charge is -2.05. The standard InChI is InChI=1S/C4H7N/c5-4-2-1-3-4/h2H,1,3,5H2. The molecular formula is C4H7N. The average Bonchev–Trinajstić information content (AvgIpc) is 1.30. The van der Waals surface area contributed by atoms with Crippen molar-refractivity contribution < 1.29 is 0 Å². The summed E-state index contributed by atoms with van der Waals surface area (Å²) in [6.45, 7) is 0. The Morgan fingerprint density at radius 1 is 1.80 bits per heavy atom. The van der Waals surface area contributed by atoms with Gasteiger partial charge in [0, 0.05) is 5.70 Å². The van der Waals surface area contributed by atoms with E-state index >= 15 is 0 Å². The molecule has 0 saturated heterocycles. The minimum absolute atomic E-state index is 1.06. The Labute approximate surface area is 31.5 Å². The summed E-state index contributed by atoms with van der Waals surface area (Å²) in [6.07, 6.45) is 4.37. The maximum Gasteiger partial charge on any atom is 0.00432 e. The zero-order valence-electron chi connectivity index (χ0n) is 3.07. The zero-order chi connectivity index (χ0) is 3.70. The molecule has 0 aliphatic heterocycles. The van der Waals surface area contributed by atoms with E-state index in [4.69, 9.17) is 5.73 Å². The van der Waals surface area contributed by atoms with E-state index in [1.807, 2.05) is 6.08 Å². The summed E-state index contributed by atoms with van der Waals surface area (Å²) < 4.78 is 0. The van der Waals surface area contributed by atoms with Gasteiger partial charge in [-0.05, 0) is 12.8 Å². The first-order chi connectivity index (χ1) is 2.39. The molecular weight excluding hydrogens is 62.1 g/mol. The van der Waals surface area contributed by atoms with E-state index in [1.165, 1.54) is 6.42 Å². The molecule has 28 valence electrons. The van der Waals surface area contributed by atoms with Crippen molar-refractivity contribution in [2.75, 3.05) is 0 Å². The van der Waals surface area contributed by atoms with Gasteiger partial charge in [-0.2, -0.15) is 0 Å². The summed E-state index contributed by atoms with van der Waals surface area (Å²) in [7, 11) is 0. The first-order valence-electron chi connectivity index (χ1n) is 1.84. The lowest BCUT2D eigenvalue weighted by atomic mass is 10.1. The van der Waals surface area contributed by atoms with E-state index in [9.17, 15) is 0 Å². The molecule has 0 saturated carbocycles. The molecule has 1 aliphatic carbocycles. The molecule has 2 N–H and O–H groups in total. The van der Waals surface area contributed by atoms with E-state index in [1.54, 1.807) is 0 Å². The highest BCUT2D eigenvalue weighted by Gasteiger charge is 1.95. The predicted molar refractivity (Wildman–Crippen MR) is 21.5 cm³/mol. The fourth-order valence-electron chi connectivity index (χ4n) is 0.311. The van der Waals surface area contributed by atoms with Crippen molar-refractivity contribution in [2.24, 2.45) is 5.73 Å². The van der Waals surface area contributed by atoms with Crippen molar-refractivity contribution in [2.45, 2.75) is 12.8 Å². The van der Waals surface area contributed by atoms with Gasteiger partial charge in [0.15, 0.2) is 0 Å².